The van der Waals surface area contributed by atoms with Crippen LogP contribution < -0.4 is 9.47 Å². The molecule has 0 radical (unpaired) electrons. The van der Waals surface area contributed by atoms with Gasteiger partial charge in [-0.25, -0.2) is 0 Å². The van der Waals surface area contributed by atoms with E-state index in [1.54, 1.807) is 7.11 Å². The molecule has 0 spiro atoms. The molecule has 1 rings (SSSR count). The number of nitrogens with zero attached hydrogens (tertiary/aromatic N) is 1. The van der Waals surface area contributed by atoms with Crippen LogP contribution in [0.15, 0.2) is 18.2 Å². The molecular weight excluding hydrogens is 202 g/mol. The zero-order chi connectivity index (χ0) is 12.2. The van der Waals surface area contributed by atoms with E-state index in [1.807, 2.05) is 39.0 Å². The van der Waals surface area contributed by atoms with Crippen molar-refractivity contribution in [3.63, 3.8) is 0 Å². The lowest BCUT2D eigenvalue weighted by Crippen LogP contribution is -2.19. The van der Waals surface area contributed by atoms with Gasteiger partial charge >= 0.3 is 0 Å². The summed E-state index contributed by atoms with van der Waals surface area (Å²) in [6, 6.07) is 7.92. The normalized spacial score (nSPS) is 10.7. The van der Waals surface area contributed by atoms with E-state index < -0.39 is 5.41 Å². The molecule has 0 amide bonds. The van der Waals surface area contributed by atoms with E-state index in [2.05, 4.69) is 6.07 Å². The van der Waals surface area contributed by atoms with Gasteiger partial charge < -0.3 is 9.47 Å². The summed E-state index contributed by atoms with van der Waals surface area (Å²) in [6.07, 6.45) is 0. The first-order chi connectivity index (χ1) is 7.48. The SMILES string of the molecule is COc1cc(C)ccc1OCC(C)(C)C#N. The Kier molecular flexibility index (Phi) is 3.78. The quantitative estimate of drug-likeness (QED) is 0.781. The van der Waals surface area contributed by atoms with Crippen LogP contribution in [0.1, 0.15) is 19.4 Å². The Bertz CT molecular complexity index is 405. The van der Waals surface area contributed by atoms with Crippen LogP contribution in [-0.4, -0.2) is 13.7 Å². The van der Waals surface area contributed by atoms with Crippen molar-refractivity contribution in [1.82, 2.24) is 0 Å². The Morgan fingerprint density at radius 3 is 2.56 bits per heavy atom. The number of ether oxygens (including phenoxy) is 2. The van der Waals surface area contributed by atoms with E-state index in [0.29, 0.717) is 18.1 Å². The second-order valence-electron chi connectivity index (χ2n) is 4.44. The molecule has 0 N–H and O–H groups in total. The summed E-state index contributed by atoms with van der Waals surface area (Å²) in [4.78, 5) is 0. The maximum atomic E-state index is 8.88. The second-order valence-corrected chi connectivity index (χ2v) is 4.44. The molecule has 0 heterocycles. The minimum absolute atomic E-state index is 0.350. The number of nitriles is 1. The summed E-state index contributed by atoms with van der Waals surface area (Å²) >= 11 is 0. The molecule has 0 aliphatic rings. The lowest BCUT2D eigenvalue weighted by atomic mass is 9.98. The first-order valence-electron chi connectivity index (χ1n) is 5.17. The molecule has 0 saturated heterocycles. The monoisotopic (exact) mass is 219 g/mol. The number of hydrogen-bond donors (Lipinski definition) is 0. The summed E-state index contributed by atoms with van der Waals surface area (Å²) in [5.74, 6) is 1.38. The Labute approximate surface area is 96.6 Å². The first-order valence-corrected chi connectivity index (χ1v) is 5.17. The smallest absolute Gasteiger partial charge is 0.161 e. The third-order valence-electron chi connectivity index (χ3n) is 2.21. The van der Waals surface area contributed by atoms with Gasteiger partial charge in [-0.15, -0.1) is 0 Å². The highest BCUT2D eigenvalue weighted by Gasteiger charge is 2.18. The van der Waals surface area contributed by atoms with E-state index in [9.17, 15) is 0 Å². The Morgan fingerprint density at radius 1 is 1.31 bits per heavy atom. The molecule has 0 fully saturated rings. The third kappa shape index (κ3) is 3.16. The number of hydrogen-bond acceptors (Lipinski definition) is 3. The van der Waals surface area contributed by atoms with E-state index in [0.717, 1.165) is 5.56 Å². The molecule has 0 aromatic heterocycles. The fourth-order valence-corrected chi connectivity index (χ4v) is 1.18. The molecule has 0 saturated carbocycles. The van der Waals surface area contributed by atoms with Crippen LogP contribution >= 0.6 is 0 Å². The Hall–Kier alpha value is -1.69. The molecule has 1 aromatic carbocycles. The van der Waals surface area contributed by atoms with Crippen molar-refractivity contribution in [3.8, 4) is 17.6 Å². The molecule has 0 aliphatic carbocycles. The van der Waals surface area contributed by atoms with Gasteiger partial charge in [-0.05, 0) is 38.5 Å². The van der Waals surface area contributed by atoms with E-state index in [1.165, 1.54) is 0 Å². The molecule has 1 aromatic rings. The van der Waals surface area contributed by atoms with Crippen LogP contribution in [-0.2, 0) is 0 Å². The number of benzene rings is 1. The molecule has 3 nitrogen and oxygen atoms in total. The average molecular weight is 219 g/mol. The van der Waals surface area contributed by atoms with Gasteiger partial charge in [-0.2, -0.15) is 5.26 Å². The summed E-state index contributed by atoms with van der Waals surface area (Å²) in [5, 5.41) is 8.88. The predicted molar refractivity (Wildman–Crippen MR) is 62.6 cm³/mol. The highest BCUT2D eigenvalue weighted by atomic mass is 16.5. The summed E-state index contributed by atoms with van der Waals surface area (Å²) in [6.45, 7) is 6.02. The fraction of sp³-hybridized carbons (Fsp3) is 0.462. The zero-order valence-corrected chi connectivity index (χ0v) is 10.2. The highest BCUT2D eigenvalue weighted by Crippen LogP contribution is 2.29. The number of rotatable bonds is 4. The highest BCUT2D eigenvalue weighted by molar-refractivity contribution is 5.42. The van der Waals surface area contributed by atoms with Crippen molar-refractivity contribution >= 4 is 0 Å². The van der Waals surface area contributed by atoms with Crippen LogP contribution in [0.2, 0.25) is 0 Å². The van der Waals surface area contributed by atoms with Crippen LogP contribution in [0.4, 0.5) is 0 Å². The van der Waals surface area contributed by atoms with Gasteiger partial charge in [0.05, 0.1) is 18.6 Å². The van der Waals surface area contributed by atoms with Gasteiger partial charge in [0.15, 0.2) is 11.5 Å². The van der Waals surface area contributed by atoms with E-state index in [-0.39, 0.29) is 0 Å². The largest absolute Gasteiger partial charge is 0.493 e. The van der Waals surface area contributed by atoms with Gasteiger partial charge in [0, 0.05) is 0 Å². The van der Waals surface area contributed by atoms with Crippen LogP contribution in [0.5, 0.6) is 11.5 Å². The van der Waals surface area contributed by atoms with Crippen molar-refractivity contribution in [1.29, 1.82) is 5.26 Å². The number of aryl methyl sites for hydroxylation is 1. The van der Waals surface area contributed by atoms with Crippen molar-refractivity contribution < 1.29 is 9.47 Å². The molecule has 0 aliphatic heterocycles. The van der Waals surface area contributed by atoms with Crippen molar-refractivity contribution in [2.75, 3.05) is 13.7 Å². The Morgan fingerprint density at radius 2 is 2.00 bits per heavy atom. The minimum atomic E-state index is -0.490. The number of methoxy groups -OCH3 is 1. The molecule has 3 heteroatoms. The Balaban J connectivity index is 2.79. The molecule has 0 unspecified atom stereocenters. The summed E-state index contributed by atoms with van der Waals surface area (Å²) < 4.78 is 10.8. The van der Waals surface area contributed by atoms with Crippen LogP contribution in [0.3, 0.4) is 0 Å². The molecule has 0 atom stereocenters. The maximum Gasteiger partial charge on any atom is 0.161 e. The minimum Gasteiger partial charge on any atom is -0.493 e. The molecule has 0 bridgehead atoms. The third-order valence-corrected chi connectivity index (χ3v) is 2.21. The second kappa shape index (κ2) is 4.89. The van der Waals surface area contributed by atoms with Crippen molar-refractivity contribution in [2.45, 2.75) is 20.8 Å². The van der Waals surface area contributed by atoms with Crippen LogP contribution in [0.25, 0.3) is 0 Å². The zero-order valence-electron chi connectivity index (χ0n) is 10.2. The lowest BCUT2D eigenvalue weighted by molar-refractivity contribution is 0.218. The summed E-state index contributed by atoms with van der Waals surface area (Å²) in [5.41, 5.74) is 0.624. The fourth-order valence-electron chi connectivity index (χ4n) is 1.18. The molecular formula is C13H17NO2. The van der Waals surface area contributed by atoms with Crippen molar-refractivity contribution in [3.05, 3.63) is 23.8 Å². The maximum absolute atomic E-state index is 8.88. The van der Waals surface area contributed by atoms with Gasteiger partial charge in [0.1, 0.15) is 6.61 Å². The van der Waals surface area contributed by atoms with Gasteiger partial charge in [-0.3, -0.25) is 0 Å². The first kappa shape index (κ1) is 12.4. The van der Waals surface area contributed by atoms with Crippen LogP contribution in [0, 0.1) is 23.7 Å². The van der Waals surface area contributed by atoms with E-state index >= 15 is 0 Å². The van der Waals surface area contributed by atoms with Gasteiger partial charge in [-0.1, -0.05) is 6.07 Å². The average Bonchev–Trinajstić information content (AvgIpc) is 2.27. The van der Waals surface area contributed by atoms with Crippen molar-refractivity contribution in [2.24, 2.45) is 5.41 Å². The topological polar surface area (TPSA) is 42.2 Å². The van der Waals surface area contributed by atoms with Gasteiger partial charge in [0.2, 0.25) is 0 Å². The lowest BCUT2D eigenvalue weighted by Gasteiger charge is -2.17. The van der Waals surface area contributed by atoms with E-state index in [4.69, 9.17) is 14.7 Å². The molecule has 86 valence electrons. The predicted octanol–water partition coefficient (Wildman–Crippen LogP) is 2.93. The standard InChI is InChI=1S/C13H17NO2/c1-10-5-6-11(12(7-10)15-4)16-9-13(2,3)8-14/h5-7H,9H2,1-4H3. The summed E-state index contributed by atoms with van der Waals surface area (Å²) in [7, 11) is 1.61. The van der Waals surface area contributed by atoms with Gasteiger partial charge in [0.25, 0.3) is 0 Å². The molecule has 16 heavy (non-hydrogen) atoms.